The van der Waals surface area contributed by atoms with Gasteiger partial charge in [0.25, 0.3) is 0 Å². The SMILES string of the molecule is O=C(O)C1CCN(Cc2nnnn2-c2ccccc2)CC1. The molecule has 0 spiro atoms. The first-order chi connectivity index (χ1) is 10.2. The molecule has 1 N–H and O–H groups in total. The van der Waals surface area contributed by atoms with E-state index in [-0.39, 0.29) is 5.92 Å². The van der Waals surface area contributed by atoms with Crippen molar-refractivity contribution in [3.05, 3.63) is 36.2 Å². The molecule has 1 aliphatic rings. The third kappa shape index (κ3) is 3.08. The fourth-order valence-electron chi connectivity index (χ4n) is 2.61. The van der Waals surface area contributed by atoms with Gasteiger partial charge in [-0.25, -0.2) is 0 Å². The van der Waals surface area contributed by atoms with E-state index in [0.717, 1.165) is 24.6 Å². The van der Waals surface area contributed by atoms with Gasteiger partial charge in [0.15, 0.2) is 5.82 Å². The highest BCUT2D eigenvalue weighted by Crippen LogP contribution is 2.19. The van der Waals surface area contributed by atoms with Crippen LogP contribution in [0.1, 0.15) is 18.7 Å². The average Bonchev–Trinajstić information content (AvgIpc) is 2.97. The maximum atomic E-state index is 11.0. The molecule has 0 unspecified atom stereocenters. The Morgan fingerprint density at radius 3 is 2.62 bits per heavy atom. The number of aliphatic carboxylic acids is 1. The molecule has 110 valence electrons. The Labute approximate surface area is 122 Å². The maximum Gasteiger partial charge on any atom is 0.306 e. The number of carboxylic acid groups (broad SMARTS) is 1. The number of piperidine rings is 1. The summed E-state index contributed by atoms with van der Waals surface area (Å²) in [7, 11) is 0. The lowest BCUT2D eigenvalue weighted by atomic mass is 9.97. The molecule has 3 rings (SSSR count). The lowest BCUT2D eigenvalue weighted by Crippen LogP contribution is -2.36. The van der Waals surface area contributed by atoms with Crippen LogP contribution in [0.25, 0.3) is 5.69 Å². The van der Waals surface area contributed by atoms with Crippen molar-refractivity contribution in [2.75, 3.05) is 13.1 Å². The van der Waals surface area contributed by atoms with Gasteiger partial charge in [-0.1, -0.05) is 18.2 Å². The zero-order chi connectivity index (χ0) is 14.7. The highest BCUT2D eigenvalue weighted by molar-refractivity contribution is 5.70. The summed E-state index contributed by atoms with van der Waals surface area (Å²) in [6.45, 7) is 2.16. The highest BCUT2D eigenvalue weighted by atomic mass is 16.4. The summed E-state index contributed by atoms with van der Waals surface area (Å²) >= 11 is 0. The summed E-state index contributed by atoms with van der Waals surface area (Å²) in [6.07, 6.45) is 1.37. The fraction of sp³-hybridized carbons (Fsp3) is 0.429. The van der Waals surface area contributed by atoms with Crippen LogP contribution in [0.3, 0.4) is 0 Å². The molecule has 7 nitrogen and oxygen atoms in total. The molecule has 0 atom stereocenters. The highest BCUT2D eigenvalue weighted by Gasteiger charge is 2.25. The summed E-state index contributed by atoms with van der Waals surface area (Å²) in [6, 6.07) is 9.75. The molecule has 0 amide bonds. The van der Waals surface area contributed by atoms with Gasteiger partial charge in [-0.15, -0.1) is 5.10 Å². The third-order valence-corrected chi connectivity index (χ3v) is 3.84. The third-order valence-electron chi connectivity index (χ3n) is 3.84. The molecule has 1 aromatic heterocycles. The van der Waals surface area contributed by atoms with Crippen molar-refractivity contribution in [2.45, 2.75) is 19.4 Å². The number of hydrogen-bond acceptors (Lipinski definition) is 5. The van der Waals surface area contributed by atoms with E-state index in [9.17, 15) is 4.79 Å². The van der Waals surface area contributed by atoms with Crippen molar-refractivity contribution in [2.24, 2.45) is 5.92 Å². The van der Waals surface area contributed by atoms with Crippen molar-refractivity contribution < 1.29 is 9.90 Å². The number of benzene rings is 1. The lowest BCUT2D eigenvalue weighted by Gasteiger charge is -2.29. The molecule has 2 heterocycles. The van der Waals surface area contributed by atoms with Crippen LogP contribution in [0.4, 0.5) is 0 Å². The lowest BCUT2D eigenvalue weighted by molar-refractivity contribution is -0.143. The molecule has 0 radical (unpaired) electrons. The minimum absolute atomic E-state index is 0.216. The average molecular weight is 287 g/mol. The summed E-state index contributed by atoms with van der Waals surface area (Å²) in [4.78, 5) is 13.2. The van der Waals surface area contributed by atoms with Gasteiger partial charge in [-0.05, 0) is 48.5 Å². The predicted molar refractivity (Wildman–Crippen MR) is 74.8 cm³/mol. The molecule has 0 aliphatic carbocycles. The normalized spacial score (nSPS) is 17.0. The van der Waals surface area contributed by atoms with Crippen LogP contribution in [0.2, 0.25) is 0 Å². The predicted octanol–water partition coefficient (Wildman–Crippen LogP) is 0.959. The topological polar surface area (TPSA) is 84.1 Å². The van der Waals surface area contributed by atoms with Crippen molar-refractivity contribution in [1.29, 1.82) is 0 Å². The zero-order valence-electron chi connectivity index (χ0n) is 11.6. The van der Waals surface area contributed by atoms with Gasteiger partial charge in [-0.2, -0.15) is 4.68 Å². The molecule has 1 fully saturated rings. The van der Waals surface area contributed by atoms with Gasteiger partial charge in [0.2, 0.25) is 0 Å². The molecule has 1 aromatic carbocycles. The Balaban J connectivity index is 1.67. The number of rotatable bonds is 4. The van der Waals surface area contributed by atoms with E-state index in [1.807, 2.05) is 30.3 Å². The fourth-order valence-corrected chi connectivity index (χ4v) is 2.61. The molecule has 2 aromatic rings. The quantitative estimate of drug-likeness (QED) is 0.901. The van der Waals surface area contributed by atoms with Gasteiger partial charge < -0.3 is 5.11 Å². The Bertz CT molecular complexity index is 605. The molecule has 21 heavy (non-hydrogen) atoms. The molecule has 0 saturated carbocycles. The van der Waals surface area contributed by atoms with Gasteiger partial charge in [0.05, 0.1) is 18.2 Å². The minimum Gasteiger partial charge on any atom is -0.481 e. The van der Waals surface area contributed by atoms with E-state index < -0.39 is 5.97 Å². The van der Waals surface area contributed by atoms with E-state index in [2.05, 4.69) is 20.4 Å². The Kier molecular flexibility index (Phi) is 3.92. The van der Waals surface area contributed by atoms with Gasteiger partial charge in [0, 0.05) is 0 Å². The number of nitrogens with zero attached hydrogens (tertiary/aromatic N) is 5. The van der Waals surface area contributed by atoms with Gasteiger partial charge in [0.1, 0.15) is 0 Å². The second-order valence-electron chi connectivity index (χ2n) is 5.23. The number of aromatic nitrogens is 4. The maximum absolute atomic E-state index is 11.0. The molecule has 1 saturated heterocycles. The van der Waals surface area contributed by atoms with Gasteiger partial charge >= 0.3 is 5.97 Å². The van der Waals surface area contributed by atoms with E-state index in [1.54, 1.807) is 4.68 Å². The van der Waals surface area contributed by atoms with Crippen LogP contribution >= 0.6 is 0 Å². The first-order valence-corrected chi connectivity index (χ1v) is 7.02. The summed E-state index contributed by atoms with van der Waals surface area (Å²) < 4.78 is 1.73. The van der Waals surface area contributed by atoms with Crippen molar-refractivity contribution in [1.82, 2.24) is 25.1 Å². The summed E-state index contributed by atoms with van der Waals surface area (Å²) in [5.41, 5.74) is 0.929. The zero-order valence-corrected chi connectivity index (χ0v) is 11.6. The second-order valence-corrected chi connectivity index (χ2v) is 5.23. The number of hydrogen-bond donors (Lipinski definition) is 1. The van der Waals surface area contributed by atoms with Crippen LogP contribution in [-0.2, 0) is 11.3 Å². The number of tetrazole rings is 1. The molecule has 1 aliphatic heterocycles. The second kappa shape index (κ2) is 6.01. The summed E-state index contributed by atoms with van der Waals surface area (Å²) in [5, 5.41) is 20.9. The molecular formula is C14H17N5O2. The van der Waals surface area contributed by atoms with Crippen molar-refractivity contribution in [3.8, 4) is 5.69 Å². The standard InChI is InChI=1S/C14H17N5O2/c20-14(21)11-6-8-18(9-7-11)10-13-15-16-17-19(13)12-4-2-1-3-5-12/h1-5,11H,6-10H2,(H,20,21). The first kappa shape index (κ1) is 13.7. The van der Waals surface area contributed by atoms with E-state index in [4.69, 9.17) is 5.11 Å². The van der Waals surface area contributed by atoms with Crippen molar-refractivity contribution >= 4 is 5.97 Å². The Morgan fingerprint density at radius 2 is 1.95 bits per heavy atom. The number of likely N-dealkylation sites (tertiary alicyclic amines) is 1. The van der Waals surface area contributed by atoms with Crippen molar-refractivity contribution in [3.63, 3.8) is 0 Å². The molecule has 0 bridgehead atoms. The van der Waals surface area contributed by atoms with E-state index >= 15 is 0 Å². The van der Waals surface area contributed by atoms with Crippen LogP contribution in [-0.4, -0.2) is 49.3 Å². The van der Waals surface area contributed by atoms with E-state index in [0.29, 0.717) is 19.4 Å². The van der Waals surface area contributed by atoms with Crippen LogP contribution in [0, 0.1) is 5.92 Å². The Hall–Kier alpha value is -2.28. The van der Waals surface area contributed by atoms with Crippen LogP contribution in [0.5, 0.6) is 0 Å². The van der Waals surface area contributed by atoms with Crippen LogP contribution < -0.4 is 0 Å². The molecule has 7 heteroatoms. The smallest absolute Gasteiger partial charge is 0.306 e. The van der Waals surface area contributed by atoms with Crippen LogP contribution in [0.15, 0.2) is 30.3 Å². The summed E-state index contributed by atoms with van der Waals surface area (Å²) in [5.74, 6) is -0.134. The number of carboxylic acids is 1. The monoisotopic (exact) mass is 287 g/mol. The number of carbonyl (C=O) groups is 1. The largest absolute Gasteiger partial charge is 0.481 e. The Morgan fingerprint density at radius 1 is 1.24 bits per heavy atom. The minimum atomic E-state index is -0.691. The van der Waals surface area contributed by atoms with Gasteiger partial charge in [-0.3, -0.25) is 9.69 Å². The molecular weight excluding hydrogens is 270 g/mol. The first-order valence-electron chi connectivity index (χ1n) is 7.02. The number of para-hydroxylation sites is 1. The van der Waals surface area contributed by atoms with E-state index in [1.165, 1.54) is 0 Å².